The minimum atomic E-state index is 0.309. The number of aryl methyl sites for hydroxylation is 3. The van der Waals surface area contributed by atoms with Crippen LogP contribution in [0.25, 0.3) is 4.83 Å². The van der Waals surface area contributed by atoms with E-state index in [1.54, 1.807) is 0 Å². The molecular weight excluding hydrogens is 306 g/mol. The minimum Gasteiger partial charge on any atom is -0.342 e. The molecule has 0 bridgehead atoms. The molecule has 4 rings (SSSR count). The maximum absolute atomic E-state index is 12.6. The number of carbonyl (C=O) groups excluding carboxylic acids is 1. The summed E-state index contributed by atoms with van der Waals surface area (Å²) in [5.41, 5.74) is 2.52. The summed E-state index contributed by atoms with van der Waals surface area (Å²) in [6.45, 7) is 8.24. The van der Waals surface area contributed by atoms with Crippen LogP contribution in [0, 0.1) is 26.7 Å². The number of amides is 1. The molecule has 1 saturated carbocycles. The molecule has 0 N–H and O–H groups in total. The third-order valence-electron chi connectivity index (χ3n) is 5.70. The maximum Gasteiger partial charge on any atom is 0.225 e. The molecule has 4 nitrogen and oxygen atoms in total. The first-order chi connectivity index (χ1) is 11.1. The molecule has 0 spiro atoms. The second kappa shape index (κ2) is 5.62. The summed E-state index contributed by atoms with van der Waals surface area (Å²) in [6, 6.07) is 0. The van der Waals surface area contributed by atoms with Crippen molar-refractivity contribution in [2.75, 3.05) is 13.1 Å². The van der Waals surface area contributed by atoms with Gasteiger partial charge < -0.3 is 4.90 Å². The molecule has 23 heavy (non-hydrogen) atoms. The molecule has 124 valence electrons. The summed E-state index contributed by atoms with van der Waals surface area (Å²) in [6.07, 6.45) is 5.66. The molecule has 5 heteroatoms. The number of likely N-dealkylation sites (tertiary alicyclic amines) is 1. The standard InChI is InChI=1S/C18H25N3OS/c1-11-12(2)23-18-16(19-13(3)21(11)18)15-8-5-9-20(10-15)17(22)14-6-4-7-14/h14-15H,4-10H2,1-3H3/t15-/m1/s1. The number of piperidine rings is 1. The Morgan fingerprint density at radius 1 is 1.17 bits per heavy atom. The summed E-state index contributed by atoms with van der Waals surface area (Å²) < 4.78 is 2.29. The highest BCUT2D eigenvalue weighted by Gasteiger charge is 2.34. The molecule has 1 aliphatic carbocycles. The van der Waals surface area contributed by atoms with E-state index in [4.69, 9.17) is 4.98 Å². The predicted molar refractivity (Wildman–Crippen MR) is 93.2 cm³/mol. The average Bonchev–Trinajstić information content (AvgIpc) is 2.96. The molecule has 1 aliphatic heterocycles. The first kappa shape index (κ1) is 15.2. The van der Waals surface area contributed by atoms with E-state index in [0.717, 1.165) is 44.6 Å². The highest BCUT2D eigenvalue weighted by atomic mass is 32.1. The molecule has 2 aliphatic rings. The average molecular weight is 331 g/mol. The topological polar surface area (TPSA) is 37.6 Å². The molecule has 1 saturated heterocycles. The van der Waals surface area contributed by atoms with E-state index >= 15 is 0 Å². The van der Waals surface area contributed by atoms with Crippen molar-refractivity contribution in [2.24, 2.45) is 5.92 Å². The van der Waals surface area contributed by atoms with Gasteiger partial charge in [-0.25, -0.2) is 4.98 Å². The monoisotopic (exact) mass is 331 g/mol. The molecule has 3 heterocycles. The molecule has 2 aromatic rings. The van der Waals surface area contributed by atoms with Crippen molar-refractivity contribution in [3.63, 3.8) is 0 Å². The summed E-state index contributed by atoms with van der Waals surface area (Å²) in [5, 5.41) is 0. The smallest absolute Gasteiger partial charge is 0.225 e. The number of thiazole rings is 1. The summed E-state index contributed by atoms with van der Waals surface area (Å²) in [7, 11) is 0. The number of hydrogen-bond donors (Lipinski definition) is 0. The van der Waals surface area contributed by atoms with Crippen molar-refractivity contribution in [3.05, 3.63) is 22.1 Å². The van der Waals surface area contributed by atoms with Gasteiger partial charge in [0.1, 0.15) is 10.7 Å². The van der Waals surface area contributed by atoms with Gasteiger partial charge in [-0.3, -0.25) is 9.20 Å². The van der Waals surface area contributed by atoms with E-state index in [-0.39, 0.29) is 0 Å². The normalized spacial score (nSPS) is 22.6. The maximum atomic E-state index is 12.6. The summed E-state index contributed by atoms with van der Waals surface area (Å²) in [5.74, 6) is 2.18. The molecule has 2 aromatic heterocycles. The SMILES string of the molecule is Cc1sc2c([C@@H]3CCCN(C(=O)C4CCC4)C3)nc(C)n2c1C. The lowest BCUT2D eigenvalue weighted by Crippen LogP contribution is -2.44. The number of rotatable bonds is 2. The van der Waals surface area contributed by atoms with Crippen LogP contribution in [-0.2, 0) is 4.79 Å². The van der Waals surface area contributed by atoms with Crippen molar-refractivity contribution in [1.29, 1.82) is 0 Å². The Morgan fingerprint density at radius 2 is 1.96 bits per heavy atom. The lowest BCUT2D eigenvalue weighted by atomic mass is 9.83. The van der Waals surface area contributed by atoms with Gasteiger partial charge in [0.15, 0.2) is 0 Å². The Bertz CT molecular complexity index is 756. The Labute approximate surface area is 141 Å². The van der Waals surface area contributed by atoms with Gasteiger partial charge in [-0.2, -0.15) is 0 Å². The van der Waals surface area contributed by atoms with Crippen LogP contribution in [0.4, 0.5) is 0 Å². The van der Waals surface area contributed by atoms with Crippen LogP contribution in [0.15, 0.2) is 0 Å². The van der Waals surface area contributed by atoms with Crippen LogP contribution in [0.1, 0.15) is 60.1 Å². The van der Waals surface area contributed by atoms with Crippen molar-refractivity contribution in [3.8, 4) is 0 Å². The Kier molecular flexibility index (Phi) is 3.71. The zero-order chi connectivity index (χ0) is 16.1. The third kappa shape index (κ3) is 2.40. The highest BCUT2D eigenvalue weighted by Crippen LogP contribution is 2.36. The molecule has 0 radical (unpaired) electrons. The largest absolute Gasteiger partial charge is 0.342 e. The fourth-order valence-electron chi connectivity index (χ4n) is 3.98. The number of nitrogens with zero attached hydrogens (tertiary/aromatic N) is 3. The van der Waals surface area contributed by atoms with Gasteiger partial charge in [0, 0.05) is 35.5 Å². The van der Waals surface area contributed by atoms with Crippen molar-refractivity contribution in [1.82, 2.24) is 14.3 Å². The highest BCUT2D eigenvalue weighted by molar-refractivity contribution is 7.17. The Hall–Kier alpha value is -1.36. The van der Waals surface area contributed by atoms with E-state index in [2.05, 4.69) is 30.1 Å². The van der Waals surface area contributed by atoms with Gasteiger partial charge in [-0.05, 0) is 46.5 Å². The van der Waals surface area contributed by atoms with E-state index < -0.39 is 0 Å². The van der Waals surface area contributed by atoms with Gasteiger partial charge in [0.05, 0.1) is 5.69 Å². The molecule has 0 aromatic carbocycles. The molecule has 1 amide bonds. The molecule has 1 atom stereocenters. The molecule has 0 unspecified atom stereocenters. The van der Waals surface area contributed by atoms with Crippen LogP contribution in [0.2, 0.25) is 0 Å². The molecule has 2 fully saturated rings. The van der Waals surface area contributed by atoms with Crippen LogP contribution in [0.3, 0.4) is 0 Å². The van der Waals surface area contributed by atoms with Crippen LogP contribution in [0.5, 0.6) is 0 Å². The zero-order valence-corrected chi connectivity index (χ0v) is 15.1. The number of carbonyl (C=O) groups is 1. The minimum absolute atomic E-state index is 0.309. The summed E-state index contributed by atoms with van der Waals surface area (Å²) >= 11 is 1.85. The zero-order valence-electron chi connectivity index (χ0n) is 14.3. The van der Waals surface area contributed by atoms with Gasteiger partial charge in [-0.15, -0.1) is 11.3 Å². The van der Waals surface area contributed by atoms with Crippen molar-refractivity contribution in [2.45, 2.75) is 58.8 Å². The van der Waals surface area contributed by atoms with Gasteiger partial charge in [0.2, 0.25) is 5.91 Å². The fraction of sp³-hybridized carbons (Fsp3) is 0.667. The van der Waals surface area contributed by atoms with Crippen LogP contribution in [-0.4, -0.2) is 33.3 Å². The number of hydrogen-bond acceptors (Lipinski definition) is 3. The number of aromatic nitrogens is 2. The number of imidazole rings is 1. The fourth-order valence-corrected chi connectivity index (χ4v) is 5.19. The first-order valence-corrected chi connectivity index (χ1v) is 9.61. The Balaban J connectivity index is 1.62. The quantitative estimate of drug-likeness (QED) is 0.839. The third-order valence-corrected chi connectivity index (χ3v) is 6.88. The van der Waals surface area contributed by atoms with Gasteiger partial charge >= 0.3 is 0 Å². The Morgan fingerprint density at radius 3 is 2.65 bits per heavy atom. The summed E-state index contributed by atoms with van der Waals surface area (Å²) in [4.78, 5) is 22.2. The van der Waals surface area contributed by atoms with E-state index in [0.29, 0.717) is 17.7 Å². The number of fused-ring (bicyclic) bond motifs is 1. The predicted octanol–water partition coefficient (Wildman–Crippen LogP) is 3.83. The lowest BCUT2D eigenvalue weighted by Gasteiger charge is -2.36. The van der Waals surface area contributed by atoms with E-state index in [1.807, 2.05) is 11.3 Å². The second-order valence-corrected chi connectivity index (χ2v) is 8.38. The van der Waals surface area contributed by atoms with Crippen LogP contribution < -0.4 is 0 Å². The van der Waals surface area contributed by atoms with E-state index in [9.17, 15) is 4.79 Å². The molecular formula is C18H25N3OS. The van der Waals surface area contributed by atoms with Crippen molar-refractivity contribution < 1.29 is 4.79 Å². The van der Waals surface area contributed by atoms with Crippen molar-refractivity contribution >= 4 is 22.1 Å². The van der Waals surface area contributed by atoms with E-state index in [1.165, 1.54) is 27.5 Å². The van der Waals surface area contributed by atoms with Gasteiger partial charge in [0.25, 0.3) is 0 Å². The first-order valence-electron chi connectivity index (χ1n) is 8.80. The lowest BCUT2D eigenvalue weighted by molar-refractivity contribution is -0.139. The second-order valence-electron chi connectivity index (χ2n) is 7.18. The van der Waals surface area contributed by atoms with Gasteiger partial charge in [-0.1, -0.05) is 6.42 Å². The van der Waals surface area contributed by atoms with Crippen LogP contribution >= 0.6 is 11.3 Å².